The van der Waals surface area contributed by atoms with Crippen LogP contribution in [0.1, 0.15) is 6.42 Å². The molecule has 19 heavy (non-hydrogen) atoms. The van der Waals surface area contributed by atoms with E-state index in [2.05, 4.69) is 27.0 Å². The highest BCUT2D eigenvalue weighted by molar-refractivity contribution is 9.10. The van der Waals surface area contributed by atoms with Crippen LogP contribution in [0.5, 0.6) is 0 Å². The Bertz CT molecular complexity index is 425. The summed E-state index contributed by atoms with van der Waals surface area (Å²) >= 11 is 3.12. The van der Waals surface area contributed by atoms with Crippen LogP contribution in [0, 0.1) is 0 Å². The molecule has 0 fully saturated rings. The third-order valence-corrected chi connectivity index (χ3v) is 3.51. The molecule has 4 N–H and O–H groups in total. The minimum Gasteiger partial charge on any atom is -0.347 e. The van der Waals surface area contributed by atoms with E-state index in [1.807, 2.05) is 0 Å². The van der Waals surface area contributed by atoms with Crippen molar-refractivity contribution in [3.63, 3.8) is 0 Å². The number of carbonyl (C=O) groups is 1. The average Bonchev–Trinajstić information content (AvgIpc) is 2.30. The van der Waals surface area contributed by atoms with Crippen LogP contribution in [0.15, 0.2) is 28.7 Å². The number of quaternary nitrogens is 1. The summed E-state index contributed by atoms with van der Waals surface area (Å²) in [6.45, 7) is 0. The molecule has 1 aromatic carbocycles. The predicted octanol–water partition coefficient (Wildman–Crippen LogP) is 2.64. The largest absolute Gasteiger partial charge is 0.441 e. The van der Waals surface area contributed by atoms with Gasteiger partial charge in [0.05, 0.1) is 0 Å². The van der Waals surface area contributed by atoms with Crippen molar-refractivity contribution >= 4 is 39.3 Å². The Morgan fingerprint density at radius 1 is 1.37 bits per heavy atom. The number of rotatable bonds is 5. The second-order valence-electron chi connectivity index (χ2n) is 3.78. The summed E-state index contributed by atoms with van der Waals surface area (Å²) in [5.41, 5.74) is -0.104. The summed E-state index contributed by atoms with van der Waals surface area (Å²) < 4.78 is 36.7. The number of amides is 1. The van der Waals surface area contributed by atoms with Crippen LogP contribution in [0.4, 0.5) is 18.9 Å². The third-order valence-electron chi connectivity index (χ3n) is 2.21. The molecular formula is C11H13BrF3N2OS+. The standard InChI is InChI=1S/C11H12BrF3N2OS/c12-7-1-3-8(4-2-7)17-10(18)9(16)5-6-19-11(13,14)15/h1-4,9H,5-6,16H2,(H,17,18)/p+1/t9-/m0/s1. The third kappa shape index (κ3) is 6.84. The van der Waals surface area contributed by atoms with Crippen molar-refractivity contribution in [2.75, 3.05) is 11.1 Å². The van der Waals surface area contributed by atoms with Crippen LogP contribution in [0.25, 0.3) is 0 Å². The lowest BCUT2D eigenvalue weighted by atomic mass is 10.2. The molecule has 0 aliphatic heterocycles. The topological polar surface area (TPSA) is 56.7 Å². The first-order valence-corrected chi connectivity index (χ1v) is 7.16. The summed E-state index contributed by atoms with van der Waals surface area (Å²) in [6, 6.07) is 6.19. The highest BCUT2D eigenvalue weighted by atomic mass is 79.9. The molecule has 0 aromatic heterocycles. The molecule has 0 aliphatic rings. The van der Waals surface area contributed by atoms with E-state index in [4.69, 9.17) is 0 Å². The Morgan fingerprint density at radius 2 is 1.95 bits per heavy atom. The molecule has 0 spiro atoms. The lowest BCUT2D eigenvalue weighted by Crippen LogP contribution is -2.66. The van der Waals surface area contributed by atoms with Crippen LogP contribution in [-0.2, 0) is 4.79 Å². The number of hydrogen-bond acceptors (Lipinski definition) is 2. The number of anilines is 1. The molecule has 0 unspecified atom stereocenters. The first-order valence-electron chi connectivity index (χ1n) is 5.38. The Labute approximate surface area is 121 Å². The minimum atomic E-state index is -4.26. The second-order valence-corrected chi connectivity index (χ2v) is 5.85. The number of nitrogens with one attached hydrogen (secondary N) is 1. The second kappa shape index (κ2) is 7.16. The quantitative estimate of drug-likeness (QED) is 0.850. The van der Waals surface area contributed by atoms with Crippen LogP contribution in [0.3, 0.4) is 0 Å². The van der Waals surface area contributed by atoms with E-state index >= 15 is 0 Å². The molecule has 0 bridgehead atoms. The molecule has 0 saturated carbocycles. The lowest BCUT2D eigenvalue weighted by molar-refractivity contribution is -0.402. The van der Waals surface area contributed by atoms with Crippen LogP contribution in [-0.4, -0.2) is 23.2 Å². The van der Waals surface area contributed by atoms with E-state index < -0.39 is 11.6 Å². The number of carbonyl (C=O) groups excluding carboxylic acids is 1. The highest BCUT2D eigenvalue weighted by Gasteiger charge is 2.29. The maximum absolute atomic E-state index is 11.9. The van der Waals surface area contributed by atoms with Crippen molar-refractivity contribution in [2.24, 2.45) is 0 Å². The van der Waals surface area contributed by atoms with Crippen molar-refractivity contribution < 1.29 is 23.7 Å². The van der Waals surface area contributed by atoms with Crippen molar-refractivity contribution in [3.05, 3.63) is 28.7 Å². The van der Waals surface area contributed by atoms with E-state index in [9.17, 15) is 18.0 Å². The van der Waals surface area contributed by atoms with Crippen molar-refractivity contribution in [2.45, 2.75) is 18.0 Å². The molecule has 3 nitrogen and oxygen atoms in total. The zero-order valence-corrected chi connectivity index (χ0v) is 12.2. The van der Waals surface area contributed by atoms with Gasteiger partial charge in [0.1, 0.15) is 0 Å². The van der Waals surface area contributed by atoms with E-state index in [0.717, 1.165) is 4.47 Å². The molecule has 0 radical (unpaired) electrons. The Morgan fingerprint density at radius 3 is 2.47 bits per heavy atom. The van der Waals surface area contributed by atoms with Gasteiger partial charge in [-0.1, -0.05) is 27.7 Å². The van der Waals surface area contributed by atoms with Gasteiger partial charge in [0.15, 0.2) is 6.04 Å². The van der Waals surface area contributed by atoms with Gasteiger partial charge in [-0.2, -0.15) is 13.2 Å². The summed E-state index contributed by atoms with van der Waals surface area (Å²) in [5.74, 6) is -0.559. The van der Waals surface area contributed by atoms with Gasteiger partial charge >= 0.3 is 5.51 Å². The maximum Gasteiger partial charge on any atom is 0.441 e. The molecule has 0 aliphatic carbocycles. The van der Waals surface area contributed by atoms with E-state index in [-0.39, 0.29) is 29.8 Å². The number of halogens is 4. The Balaban J connectivity index is 2.38. The number of benzene rings is 1. The average molecular weight is 358 g/mol. The zero-order valence-electron chi connectivity index (χ0n) is 9.84. The summed E-state index contributed by atoms with van der Waals surface area (Å²) in [5, 5.41) is 2.60. The number of thioether (sulfide) groups is 1. The van der Waals surface area contributed by atoms with Gasteiger partial charge in [0, 0.05) is 22.3 Å². The summed E-state index contributed by atoms with van der Waals surface area (Å²) in [4.78, 5) is 11.7. The molecule has 106 valence electrons. The van der Waals surface area contributed by atoms with Crippen LogP contribution in [0.2, 0.25) is 0 Å². The minimum absolute atomic E-state index is 0.0759. The normalized spacial score (nSPS) is 13.1. The Hall–Kier alpha value is -0.730. The van der Waals surface area contributed by atoms with Crippen molar-refractivity contribution in [1.82, 2.24) is 0 Å². The zero-order chi connectivity index (χ0) is 14.5. The Kier molecular flexibility index (Phi) is 6.15. The van der Waals surface area contributed by atoms with Crippen molar-refractivity contribution in [1.29, 1.82) is 0 Å². The predicted molar refractivity (Wildman–Crippen MR) is 72.6 cm³/mol. The monoisotopic (exact) mass is 357 g/mol. The first kappa shape index (κ1) is 16.3. The first-order chi connectivity index (χ1) is 8.78. The van der Waals surface area contributed by atoms with Gasteiger partial charge < -0.3 is 11.1 Å². The van der Waals surface area contributed by atoms with Gasteiger partial charge in [-0.05, 0) is 24.3 Å². The van der Waals surface area contributed by atoms with Crippen LogP contribution < -0.4 is 11.1 Å². The smallest absolute Gasteiger partial charge is 0.347 e. The molecule has 1 rings (SSSR count). The van der Waals surface area contributed by atoms with Gasteiger partial charge in [-0.15, -0.1) is 0 Å². The lowest BCUT2D eigenvalue weighted by Gasteiger charge is -2.10. The summed E-state index contributed by atoms with van der Waals surface area (Å²) in [6.07, 6.45) is 0.0759. The van der Waals surface area contributed by atoms with E-state index in [0.29, 0.717) is 5.69 Å². The van der Waals surface area contributed by atoms with Gasteiger partial charge in [-0.3, -0.25) is 4.79 Å². The van der Waals surface area contributed by atoms with Crippen LogP contribution >= 0.6 is 27.7 Å². The van der Waals surface area contributed by atoms with Gasteiger partial charge in [0.25, 0.3) is 5.91 Å². The SMILES string of the molecule is [NH3+][C@@H](CCSC(F)(F)F)C(=O)Nc1ccc(Br)cc1. The molecule has 0 saturated heterocycles. The number of hydrogen-bond donors (Lipinski definition) is 2. The van der Waals surface area contributed by atoms with Crippen molar-refractivity contribution in [3.8, 4) is 0 Å². The highest BCUT2D eigenvalue weighted by Crippen LogP contribution is 2.30. The maximum atomic E-state index is 11.9. The van der Waals surface area contributed by atoms with E-state index in [1.165, 1.54) is 0 Å². The van der Waals surface area contributed by atoms with Gasteiger partial charge in [-0.25, -0.2) is 0 Å². The molecular weight excluding hydrogens is 345 g/mol. The fraction of sp³-hybridized carbons (Fsp3) is 0.364. The fourth-order valence-corrected chi connectivity index (χ4v) is 2.12. The molecule has 8 heteroatoms. The molecule has 0 heterocycles. The summed E-state index contributed by atoms with van der Waals surface area (Å²) in [7, 11) is 0. The molecule has 1 aromatic rings. The van der Waals surface area contributed by atoms with E-state index in [1.54, 1.807) is 24.3 Å². The fourth-order valence-electron chi connectivity index (χ4n) is 1.23. The molecule has 1 atom stereocenters. The molecule has 1 amide bonds. The van der Waals surface area contributed by atoms with Gasteiger partial charge in [0.2, 0.25) is 0 Å². The number of alkyl halides is 3.